The van der Waals surface area contributed by atoms with Gasteiger partial charge in [-0.3, -0.25) is 19.6 Å². The molecule has 3 aromatic rings. The number of aryl methyl sites for hydroxylation is 2. The van der Waals surface area contributed by atoms with Crippen molar-refractivity contribution in [2.24, 2.45) is 7.05 Å². The summed E-state index contributed by atoms with van der Waals surface area (Å²) in [5.74, 6) is 0. The quantitative estimate of drug-likeness (QED) is 0.544. The lowest BCUT2D eigenvalue weighted by Gasteiger charge is -2.08. The second kappa shape index (κ2) is 6.11. The number of hydrogen-bond donors (Lipinski definition) is 2. The van der Waals surface area contributed by atoms with E-state index >= 15 is 0 Å². The molecule has 3 rings (SSSR count). The maximum Gasteiger partial charge on any atom is 0.293 e. The minimum Gasteiger partial charge on any atom is -0.375 e. The number of hydrogen-bond acceptors (Lipinski definition) is 6. The Hall–Kier alpha value is -3.23. The van der Waals surface area contributed by atoms with Gasteiger partial charge in [-0.25, -0.2) is 4.98 Å². The summed E-state index contributed by atoms with van der Waals surface area (Å²) in [5, 5.41) is 18.9. The van der Waals surface area contributed by atoms with Gasteiger partial charge in [-0.15, -0.1) is 0 Å². The van der Waals surface area contributed by atoms with Gasteiger partial charge in [-0.05, 0) is 12.5 Å². The number of aromatic amines is 1. The SMILES string of the molecule is CCc1nn(C)cc1CNc1cc2nc[nH]c(=O)c2cc1[N+](=O)[O-]. The van der Waals surface area contributed by atoms with Crippen LogP contribution in [0.3, 0.4) is 0 Å². The van der Waals surface area contributed by atoms with Crippen LogP contribution in [0.2, 0.25) is 0 Å². The van der Waals surface area contributed by atoms with Crippen LogP contribution in [-0.2, 0) is 20.0 Å². The number of H-pyrrole nitrogens is 1. The van der Waals surface area contributed by atoms with E-state index in [1.165, 1.54) is 18.5 Å². The van der Waals surface area contributed by atoms with Gasteiger partial charge >= 0.3 is 0 Å². The van der Waals surface area contributed by atoms with E-state index in [0.29, 0.717) is 17.7 Å². The lowest BCUT2D eigenvalue weighted by atomic mass is 10.1. The van der Waals surface area contributed by atoms with Gasteiger partial charge in [-0.1, -0.05) is 6.92 Å². The van der Waals surface area contributed by atoms with Crippen LogP contribution in [0.25, 0.3) is 10.9 Å². The van der Waals surface area contributed by atoms with Crippen molar-refractivity contribution in [2.75, 3.05) is 5.32 Å². The zero-order chi connectivity index (χ0) is 17.3. The van der Waals surface area contributed by atoms with E-state index < -0.39 is 10.5 Å². The van der Waals surface area contributed by atoms with Gasteiger partial charge in [0.25, 0.3) is 11.2 Å². The van der Waals surface area contributed by atoms with Crippen molar-refractivity contribution in [1.82, 2.24) is 19.7 Å². The van der Waals surface area contributed by atoms with Crippen molar-refractivity contribution in [3.05, 3.63) is 56.4 Å². The lowest BCUT2D eigenvalue weighted by molar-refractivity contribution is -0.383. The molecule has 0 amide bonds. The number of nitrogens with one attached hydrogen (secondary N) is 2. The molecule has 0 fully saturated rings. The summed E-state index contributed by atoms with van der Waals surface area (Å²) in [7, 11) is 1.83. The van der Waals surface area contributed by atoms with Crippen LogP contribution in [0.5, 0.6) is 0 Å². The molecule has 0 aliphatic heterocycles. The fourth-order valence-corrected chi connectivity index (χ4v) is 2.62. The smallest absolute Gasteiger partial charge is 0.293 e. The fourth-order valence-electron chi connectivity index (χ4n) is 2.62. The Morgan fingerprint density at radius 3 is 2.92 bits per heavy atom. The molecule has 0 unspecified atom stereocenters. The van der Waals surface area contributed by atoms with Crippen LogP contribution in [0, 0.1) is 10.1 Å². The number of anilines is 1. The Kier molecular flexibility index (Phi) is 3.98. The molecular formula is C15H16N6O3. The first-order valence-electron chi connectivity index (χ1n) is 7.40. The van der Waals surface area contributed by atoms with E-state index in [4.69, 9.17) is 0 Å². The van der Waals surface area contributed by atoms with Crippen LogP contribution >= 0.6 is 0 Å². The number of benzene rings is 1. The number of aromatic nitrogens is 4. The Morgan fingerprint density at radius 1 is 1.42 bits per heavy atom. The van der Waals surface area contributed by atoms with Gasteiger partial charge in [0.2, 0.25) is 0 Å². The Balaban J connectivity index is 2.00. The monoisotopic (exact) mass is 328 g/mol. The summed E-state index contributed by atoms with van der Waals surface area (Å²) in [4.78, 5) is 29.1. The van der Waals surface area contributed by atoms with E-state index in [2.05, 4.69) is 20.4 Å². The highest BCUT2D eigenvalue weighted by molar-refractivity contribution is 5.86. The van der Waals surface area contributed by atoms with Gasteiger partial charge in [0.05, 0.1) is 27.8 Å². The molecule has 2 heterocycles. The fraction of sp³-hybridized carbons (Fsp3) is 0.267. The summed E-state index contributed by atoms with van der Waals surface area (Å²) >= 11 is 0. The van der Waals surface area contributed by atoms with Gasteiger partial charge in [0.15, 0.2) is 0 Å². The number of nitrogens with zero attached hydrogens (tertiary/aromatic N) is 4. The maximum absolute atomic E-state index is 11.8. The topological polar surface area (TPSA) is 119 Å². The van der Waals surface area contributed by atoms with Crippen molar-refractivity contribution in [3.8, 4) is 0 Å². The molecule has 0 spiro atoms. The standard InChI is InChI=1S/C15H16N6O3/c1-3-11-9(7-20(2)19-11)6-16-13-5-12-10(4-14(13)21(23)24)15(22)18-8-17-12/h4-5,7-8,16H,3,6H2,1-2H3,(H,17,18,22). The lowest BCUT2D eigenvalue weighted by Crippen LogP contribution is -2.09. The predicted octanol–water partition coefficient (Wildman–Crippen LogP) is 1.74. The number of nitro groups is 1. The molecule has 9 heteroatoms. The zero-order valence-electron chi connectivity index (χ0n) is 13.2. The number of nitro benzene ring substituents is 1. The summed E-state index contributed by atoms with van der Waals surface area (Å²) in [5.41, 5.74) is 2.04. The van der Waals surface area contributed by atoms with Crippen molar-refractivity contribution in [1.29, 1.82) is 0 Å². The zero-order valence-corrected chi connectivity index (χ0v) is 13.2. The van der Waals surface area contributed by atoms with Crippen LogP contribution in [0.4, 0.5) is 11.4 Å². The van der Waals surface area contributed by atoms with E-state index in [9.17, 15) is 14.9 Å². The largest absolute Gasteiger partial charge is 0.375 e. The van der Waals surface area contributed by atoms with Gasteiger partial charge in [0.1, 0.15) is 5.69 Å². The van der Waals surface area contributed by atoms with Crippen LogP contribution in [0.15, 0.2) is 29.5 Å². The molecule has 124 valence electrons. The van der Waals surface area contributed by atoms with Crippen molar-refractivity contribution in [2.45, 2.75) is 19.9 Å². The molecule has 0 saturated carbocycles. The third kappa shape index (κ3) is 2.83. The first-order valence-corrected chi connectivity index (χ1v) is 7.40. The summed E-state index contributed by atoms with van der Waals surface area (Å²) in [6.07, 6.45) is 3.92. The first-order chi connectivity index (χ1) is 11.5. The van der Waals surface area contributed by atoms with Crippen LogP contribution < -0.4 is 10.9 Å². The molecule has 0 aliphatic carbocycles. The molecule has 0 radical (unpaired) electrons. The molecule has 0 bridgehead atoms. The molecule has 0 saturated heterocycles. The van der Waals surface area contributed by atoms with E-state index in [-0.39, 0.29) is 11.1 Å². The van der Waals surface area contributed by atoms with Gasteiger partial charge in [0, 0.05) is 31.4 Å². The van der Waals surface area contributed by atoms with Crippen molar-refractivity contribution in [3.63, 3.8) is 0 Å². The second-order valence-corrected chi connectivity index (χ2v) is 5.36. The maximum atomic E-state index is 11.8. The highest BCUT2D eigenvalue weighted by Crippen LogP contribution is 2.28. The normalized spacial score (nSPS) is 10.9. The van der Waals surface area contributed by atoms with Crippen molar-refractivity contribution >= 4 is 22.3 Å². The average Bonchev–Trinajstić information content (AvgIpc) is 2.92. The second-order valence-electron chi connectivity index (χ2n) is 5.36. The summed E-state index contributed by atoms with van der Waals surface area (Å²) in [6, 6.07) is 2.76. The minimum atomic E-state index is -0.516. The number of rotatable bonds is 5. The molecule has 1 aromatic carbocycles. The molecule has 0 atom stereocenters. The molecule has 9 nitrogen and oxygen atoms in total. The molecule has 24 heavy (non-hydrogen) atoms. The van der Waals surface area contributed by atoms with Gasteiger partial charge < -0.3 is 10.3 Å². The number of fused-ring (bicyclic) bond motifs is 1. The average molecular weight is 328 g/mol. The van der Waals surface area contributed by atoms with Crippen molar-refractivity contribution < 1.29 is 4.92 Å². The third-order valence-corrected chi connectivity index (χ3v) is 3.75. The minimum absolute atomic E-state index is 0.164. The molecule has 0 aliphatic rings. The highest BCUT2D eigenvalue weighted by atomic mass is 16.6. The van der Waals surface area contributed by atoms with E-state index in [1.54, 1.807) is 4.68 Å². The van der Waals surface area contributed by atoms with E-state index in [0.717, 1.165) is 17.7 Å². The Bertz CT molecular complexity index is 975. The Morgan fingerprint density at radius 2 is 2.21 bits per heavy atom. The first kappa shape index (κ1) is 15.7. The summed E-state index contributed by atoms with van der Waals surface area (Å²) < 4.78 is 1.71. The molecular weight excluding hydrogens is 312 g/mol. The molecule has 2 N–H and O–H groups in total. The summed E-state index contributed by atoms with van der Waals surface area (Å²) in [6.45, 7) is 2.40. The van der Waals surface area contributed by atoms with Crippen LogP contribution in [-0.4, -0.2) is 24.7 Å². The van der Waals surface area contributed by atoms with Crippen LogP contribution in [0.1, 0.15) is 18.2 Å². The molecule has 2 aromatic heterocycles. The van der Waals surface area contributed by atoms with E-state index in [1.807, 2.05) is 20.2 Å². The predicted molar refractivity (Wildman–Crippen MR) is 88.9 cm³/mol. The van der Waals surface area contributed by atoms with Gasteiger partial charge in [-0.2, -0.15) is 5.10 Å². The Labute approximate surface area is 136 Å². The third-order valence-electron chi connectivity index (χ3n) is 3.75. The highest BCUT2D eigenvalue weighted by Gasteiger charge is 2.17.